The number of carbonyl (C=O) groups is 1. The highest BCUT2D eigenvalue weighted by Crippen LogP contribution is 2.23. The van der Waals surface area contributed by atoms with E-state index in [1.54, 1.807) is 0 Å². The smallest absolute Gasteiger partial charge is 0.345 e. The van der Waals surface area contributed by atoms with Crippen LogP contribution < -0.4 is 5.73 Å². The highest BCUT2D eigenvalue weighted by atomic mass is 19.1. The Kier molecular flexibility index (Phi) is 1.68. The number of hydrogen-bond donors (Lipinski definition) is 2. The fraction of sp³-hybridized carbons (Fsp3) is 0.286. The summed E-state index contributed by atoms with van der Waals surface area (Å²) in [7, 11) is 0. The summed E-state index contributed by atoms with van der Waals surface area (Å²) in [5, 5.41) is 8.41. The predicted molar refractivity (Wildman–Crippen MR) is 37.5 cm³/mol. The summed E-state index contributed by atoms with van der Waals surface area (Å²) in [6.45, 7) is 0. The van der Waals surface area contributed by atoms with Crippen molar-refractivity contribution in [2.24, 2.45) is 5.73 Å². The molecule has 11 heavy (non-hydrogen) atoms. The zero-order valence-electron chi connectivity index (χ0n) is 5.75. The van der Waals surface area contributed by atoms with E-state index in [0.29, 0.717) is 0 Å². The van der Waals surface area contributed by atoms with Gasteiger partial charge < -0.3 is 10.8 Å². The van der Waals surface area contributed by atoms with Crippen LogP contribution in [0.3, 0.4) is 0 Å². The molecule has 0 aromatic carbocycles. The topological polar surface area (TPSA) is 63.3 Å². The Labute approximate surface area is 63.0 Å². The van der Waals surface area contributed by atoms with Crippen molar-refractivity contribution in [1.29, 1.82) is 0 Å². The quantitative estimate of drug-likeness (QED) is 0.585. The Morgan fingerprint density at radius 3 is 2.82 bits per heavy atom. The molecule has 1 rings (SSSR count). The second-order valence-corrected chi connectivity index (χ2v) is 2.42. The molecule has 1 atom stereocenters. The zero-order chi connectivity index (χ0) is 8.48. The molecule has 0 aromatic rings. The molecule has 0 spiro atoms. The molecule has 0 fully saturated rings. The number of alkyl halides is 1. The normalized spacial score (nSPS) is 29.7. The minimum atomic E-state index is -2.31. The van der Waals surface area contributed by atoms with Crippen molar-refractivity contribution in [1.82, 2.24) is 0 Å². The lowest BCUT2D eigenvalue weighted by atomic mass is 9.96. The van der Waals surface area contributed by atoms with Crippen molar-refractivity contribution in [2.75, 3.05) is 0 Å². The van der Waals surface area contributed by atoms with Gasteiger partial charge in [0.2, 0.25) is 5.67 Å². The fourth-order valence-electron chi connectivity index (χ4n) is 0.887. The maximum atomic E-state index is 13.1. The van der Waals surface area contributed by atoms with Crippen molar-refractivity contribution in [3.63, 3.8) is 0 Å². The summed E-state index contributed by atoms with van der Waals surface area (Å²) < 4.78 is 13.1. The van der Waals surface area contributed by atoms with Gasteiger partial charge in [0.05, 0.1) is 0 Å². The van der Waals surface area contributed by atoms with Gasteiger partial charge in [-0.05, 0) is 12.2 Å². The van der Waals surface area contributed by atoms with Crippen molar-refractivity contribution in [3.05, 3.63) is 23.9 Å². The zero-order valence-corrected chi connectivity index (χ0v) is 5.75. The molecule has 0 aliphatic heterocycles. The van der Waals surface area contributed by atoms with E-state index in [1.807, 2.05) is 0 Å². The van der Waals surface area contributed by atoms with Crippen LogP contribution in [0, 0.1) is 0 Å². The molecule has 60 valence electrons. The summed E-state index contributed by atoms with van der Waals surface area (Å²) >= 11 is 0. The average Bonchev–Trinajstić information content (AvgIpc) is 1.86. The first kappa shape index (κ1) is 7.78. The standard InChI is InChI=1S/C7H8FNO2/c8-7(6(10)11)3-1-2-5(9)4-7/h1-2,4H,3,9H2,(H,10,11). The first-order valence-electron chi connectivity index (χ1n) is 3.12. The maximum Gasteiger partial charge on any atom is 0.345 e. The molecule has 0 bridgehead atoms. The Hall–Kier alpha value is -1.32. The lowest BCUT2D eigenvalue weighted by molar-refractivity contribution is -0.147. The minimum Gasteiger partial charge on any atom is -0.479 e. The van der Waals surface area contributed by atoms with Crippen molar-refractivity contribution in [3.8, 4) is 0 Å². The molecular weight excluding hydrogens is 149 g/mol. The van der Waals surface area contributed by atoms with E-state index < -0.39 is 11.6 Å². The molecule has 1 aliphatic rings. The Balaban J connectivity index is 2.92. The Morgan fingerprint density at radius 1 is 1.82 bits per heavy atom. The molecule has 4 heteroatoms. The highest BCUT2D eigenvalue weighted by molar-refractivity contribution is 5.81. The van der Waals surface area contributed by atoms with Gasteiger partial charge in [-0.3, -0.25) is 0 Å². The molecule has 0 saturated carbocycles. The second-order valence-electron chi connectivity index (χ2n) is 2.42. The van der Waals surface area contributed by atoms with Gasteiger partial charge in [-0.15, -0.1) is 0 Å². The van der Waals surface area contributed by atoms with Crippen LogP contribution in [0.25, 0.3) is 0 Å². The second kappa shape index (κ2) is 2.38. The SMILES string of the molecule is NC1=CC(F)(C(=O)O)CC=C1. The van der Waals surface area contributed by atoms with Crippen LogP contribution in [-0.2, 0) is 4.79 Å². The number of rotatable bonds is 1. The largest absolute Gasteiger partial charge is 0.479 e. The number of nitrogens with two attached hydrogens (primary N) is 1. The van der Waals surface area contributed by atoms with Crippen LogP contribution in [0.2, 0.25) is 0 Å². The number of carboxylic acids is 1. The van der Waals surface area contributed by atoms with Gasteiger partial charge >= 0.3 is 5.97 Å². The van der Waals surface area contributed by atoms with Crippen LogP contribution in [0.4, 0.5) is 4.39 Å². The molecule has 0 saturated heterocycles. The molecule has 0 heterocycles. The summed E-state index contributed by atoms with van der Waals surface area (Å²) in [5.74, 6) is -1.50. The van der Waals surface area contributed by atoms with Gasteiger partial charge in [0.25, 0.3) is 0 Å². The van der Waals surface area contributed by atoms with Crippen LogP contribution >= 0.6 is 0 Å². The fourth-order valence-corrected chi connectivity index (χ4v) is 0.887. The molecule has 0 aromatic heterocycles. The van der Waals surface area contributed by atoms with Gasteiger partial charge in [0, 0.05) is 12.1 Å². The van der Waals surface area contributed by atoms with Crippen molar-refractivity contribution < 1.29 is 14.3 Å². The third-order valence-corrected chi connectivity index (χ3v) is 1.48. The van der Waals surface area contributed by atoms with E-state index in [9.17, 15) is 9.18 Å². The van der Waals surface area contributed by atoms with Gasteiger partial charge in [-0.2, -0.15) is 0 Å². The van der Waals surface area contributed by atoms with E-state index in [1.165, 1.54) is 12.2 Å². The maximum absolute atomic E-state index is 13.1. The first-order chi connectivity index (χ1) is 5.04. The minimum absolute atomic E-state index is 0.150. The van der Waals surface area contributed by atoms with Gasteiger partial charge in [-0.25, -0.2) is 9.18 Å². The predicted octanol–water partition coefficient (Wildman–Crippen LogP) is 0.582. The number of halogens is 1. The van der Waals surface area contributed by atoms with Crippen molar-refractivity contribution >= 4 is 5.97 Å². The molecule has 3 N–H and O–H groups in total. The Morgan fingerprint density at radius 2 is 2.45 bits per heavy atom. The number of carboxylic acid groups (broad SMARTS) is 1. The number of aliphatic carboxylic acids is 1. The molecule has 0 amide bonds. The van der Waals surface area contributed by atoms with Crippen LogP contribution in [0.1, 0.15) is 6.42 Å². The van der Waals surface area contributed by atoms with Gasteiger partial charge in [0.15, 0.2) is 0 Å². The number of allylic oxidation sites excluding steroid dienone is 2. The lowest BCUT2D eigenvalue weighted by Crippen LogP contribution is -2.33. The summed E-state index contributed by atoms with van der Waals surface area (Å²) in [6.07, 6.45) is 3.66. The monoisotopic (exact) mass is 157 g/mol. The number of hydrogen-bond acceptors (Lipinski definition) is 2. The highest BCUT2D eigenvalue weighted by Gasteiger charge is 2.36. The molecular formula is C7H8FNO2. The summed E-state index contributed by atoms with van der Waals surface area (Å²) in [5.41, 5.74) is 3.07. The van der Waals surface area contributed by atoms with E-state index >= 15 is 0 Å². The molecule has 3 nitrogen and oxygen atoms in total. The molecule has 0 radical (unpaired) electrons. The molecule has 1 unspecified atom stereocenters. The van der Waals surface area contributed by atoms with Crippen molar-refractivity contribution in [2.45, 2.75) is 12.1 Å². The third-order valence-electron chi connectivity index (χ3n) is 1.48. The Bertz CT molecular complexity index is 247. The lowest BCUT2D eigenvalue weighted by Gasteiger charge is -2.17. The van der Waals surface area contributed by atoms with Crippen LogP contribution in [0.5, 0.6) is 0 Å². The first-order valence-corrected chi connectivity index (χ1v) is 3.12. The summed E-state index contributed by atoms with van der Waals surface area (Å²) in [6, 6.07) is 0. The summed E-state index contributed by atoms with van der Waals surface area (Å²) in [4.78, 5) is 10.3. The third kappa shape index (κ3) is 1.39. The van der Waals surface area contributed by atoms with Crippen LogP contribution in [-0.4, -0.2) is 16.7 Å². The van der Waals surface area contributed by atoms with E-state index in [0.717, 1.165) is 6.08 Å². The van der Waals surface area contributed by atoms with Gasteiger partial charge in [0.1, 0.15) is 0 Å². The van der Waals surface area contributed by atoms with Gasteiger partial charge in [-0.1, -0.05) is 6.08 Å². The van der Waals surface area contributed by atoms with E-state index in [2.05, 4.69) is 0 Å². The van der Waals surface area contributed by atoms with E-state index in [4.69, 9.17) is 10.8 Å². The molecule has 1 aliphatic carbocycles. The van der Waals surface area contributed by atoms with Crippen LogP contribution in [0.15, 0.2) is 23.9 Å². The van der Waals surface area contributed by atoms with E-state index in [-0.39, 0.29) is 12.1 Å². The average molecular weight is 157 g/mol.